The Balaban J connectivity index is 1.86. The minimum absolute atomic E-state index is 0.162. The highest BCUT2D eigenvalue weighted by atomic mass is 35.5. The van der Waals surface area contributed by atoms with E-state index < -0.39 is 0 Å². The van der Waals surface area contributed by atoms with Crippen molar-refractivity contribution in [1.29, 1.82) is 0 Å². The zero-order valence-electron chi connectivity index (χ0n) is 13.4. The van der Waals surface area contributed by atoms with Crippen LogP contribution in [0.25, 0.3) is 22.4 Å². The Morgan fingerprint density at radius 3 is 2.23 bits per heavy atom. The minimum Gasteiger partial charge on any atom is -0.289 e. The fourth-order valence-electron chi connectivity index (χ4n) is 2.65. The Labute approximate surface area is 159 Å². The molecule has 0 amide bonds. The largest absolute Gasteiger partial charge is 0.289 e. The van der Waals surface area contributed by atoms with E-state index in [0.717, 1.165) is 0 Å². The summed E-state index contributed by atoms with van der Waals surface area (Å²) in [6, 6.07) is 19.2. The van der Waals surface area contributed by atoms with Crippen LogP contribution < -0.4 is 0 Å². The number of para-hydroxylation sites is 1. The summed E-state index contributed by atoms with van der Waals surface area (Å²) in [6.45, 7) is 0. The molecule has 0 saturated carbocycles. The fourth-order valence-corrected chi connectivity index (χ4v) is 2.95. The third-order valence-electron chi connectivity index (χ3n) is 3.93. The first-order chi connectivity index (χ1) is 12.6. The fraction of sp³-hybridized carbons (Fsp3) is 0. The van der Waals surface area contributed by atoms with Crippen molar-refractivity contribution >= 4 is 40.0 Å². The first-order valence-electron chi connectivity index (χ1n) is 7.81. The number of rotatable bonds is 3. The zero-order valence-corrected chi connectivity index (χ0v) is 14.9. The average molecular weight is 380 g/mol. The molecule has 1 aromatic heterocycles. The number of hydrogen-bond acceptors (Lipinski definition) is 4. The second kappa shape index (κ2) is 6.83. The molecule has 126 valence electrons. The lowest BCUT2D eigenvalue weighted by Gasteiger charge is -2.09. The SMILES string of the molecule is O=C(c1ccc(Cl)cc1)c1ccc(Cl)cc1-c1nnc2ccccc2n1. The summed E-state index contributed by atoms with van der Waals surface area (Å²) in [6.07, 6.45) is 0. The number of halogens is 2. The van der Waals surface area contributed by atoms with Crippen molar-refractivity contribution in [2.75, 3.05) is 0 Å². The number of carbonyl (C=O) groups excluding carboxylic acids is 1. The van der Waals surface area contributed by atoms with Gasteiger partial charge in [-0.15, -0.1) is 10.2 Å². The lowest BCUT2D eigenvalue weighted by Crippen LogP contribution is -2.05. The van der Waals surface area contributed by atoms with Crippen LogP contribution in [0, 0.1) is 0 Å². The molecule has 26 heavy (non-hydrogen) atoms. The van der Waals surface area contributed by atoms with Gasteiger partial charge in [-0.2, -0.15) is 0 Å². The molecule has 0 radical (unpaired) electrons. The predicted octanol–water partition coefficient (Wildman–Crippen LogP) is 5.23. The third kappa shape index (κ3) is 3.17. The number of nitrogens with zero attached hydrogens (tertiary/aromatic N) is 3. The number of hydrogen-bond donors (Lipinski definition) is 0. The van der Waals surface area contributed by atoms with E-state index in [4.69, 9.17) is 23.2 Å². The molecule has 6 heteroatoms. The molecular weight excluding hydrogens is 369 g/mol. The van der Waals surface area contributed by atoms with Gasteiger partial charge in [0.15, 0.2) is 11.6 Å². The van der Waals surface area contributed by atoms with Crippen LogP contribution in [0.2, 0.25) is 10.0 Å². The van der Waals surface area contributed by atoms with Gasteiger partial charge >= 0.3 is 0 Å². The van der Waals surface area contributed by atoms with Crippen LogP contribution in [0.1, 0.15) is 15.9 Å². The molecule has 0 N–H and O–H groups in total. The van der Waals surface area contributed by atoms with Crippen LogP contribution in [-0.2, 0) is 0 Å². The quantitative estimate of drug-likeness (QED) is 0.457. The molecule has 0 unspecified atom stereocenters. The summed E-state index contributed by atoms with van der Waals surface area (Å²) in [5.41, 5.74) is 2.89. The summed E-state index contributed by atoms with van der Waals surface area (Å²) in [4.78, 5) is 17.5. The Hall–Kier alpha value is -2.82. The molecular formula is C20H11Cl2N3O. The molecule has 0 saturated heterocycles. The molecule has 0 spiro atoms. The molecule has 4 rings (SSSR count). The van der Waals surface area contributed by atoms with Gasteiger partial charge in [0.05, 0.1) is 5.52 Å². The molecule has 0 bridgehead atoms. The number of benzene rings is 3. The average Bonchev–Trinajstić information content (AvgIpc) is 2.67. The third-order valence-corrected chi connectivity index (χ3v) is 4.42. The first kappa shape index (κ1) is 16.6. The van der Waals surface area contributed by atoms with Crippen LogP contribution in [0.3, 0.4) is 0 Å². The van der Waals surface area contributed by atoms with E-state index in [2.05, 4.69) is 15.2 Å². The van der Waals surface area contributed by atoms with Crippen LogP contribution >= 0.6 is 23.2 Å². The van der Waals surface area contributed by atoms with Crippen LogP contribution in [-0.4, -0.2) is 21.0 Å². The molecule has 0 aliphatic rings. The first-order valence-corrected chi connectivity index (χ1v) is 8.57. The van der Waals surface area contributed by atoms with Crippen molar-refractivity contribution in [1.82, 2.24) is 15.2 Å². The van der Waals surface area contributed by atoms with Gasteiger partial charge in [-0.25, -0.2) is 4.98 Å². The predicted molar refractivity (Wildman–Crippen MR) is 103 cm³/mol. The molecule has 0 atom stereocenters. The van der Waals surface area contributed by atoms with E-state index in [1.165, 1.54) is 0 Å². The van der Waals surface area contributed by atoms with Crippen molar-refractivity contribution in [2.45, 2.75) is 0 Å². The van der Waals surface area contributed by atoms with E-state index in [1.54, 1.807) is 42.5 Å². The van der Waals surface area contributed by atoms with E-state index in [9.17, 15) is 4.79 Å². The highest BCUT2D eigenvalue weighted by Crippen LogP contribution is 2.27. The van der Waals surface area contributed by atoms with Crippen molar-refractivity contribution < 1.29 is 4.79 Å². The standard InChI is InChI=1S/C20H11Cl2N3O/c21-13-7-5-12(6-8-13)19(26)15-10-9-14(22)11-16(15)20-23-17-3-1-2-4-18(17)24-25-20/h1-11H. The smallest absolute Gasteiger partial charge is 0.193 e. The topological polar surface area (TPSA) is 55.7 Å². The van der Waals surface area contributed by atoms with Crippen molar-refractivity contribution in [3.63, 3.8) is 0 Å². The Kier molecular flexibility index (Phi) is 4.37. The lowest BCUT2D eigenvalue weighted by molar-refractivity contribution is 0.103. The normalized spacial score (nSPS) is 10.8. The highest BCUT2D eigenvalue weighted by molar-refractivity contribution is 6.31. The van der Waals surface area contributed by atoms with Crippen molar-refractivity contribution in [3.05, 3.63) is 87.9 Å². The van der Waals surface area contributed by atoms with Gasteiger partial charge in [0.25, 0.3) is 0 Å². The Morgan fingerprint density at radius 2 is 1.46 bits per heavy atom. The number of fused-ring (bicyclic) bond motifs is 1. The highest BCUT2D eigenvalue weighted by Gasteiger charge is 2.18. The molecule has 0 aliphatic heterocycles. The van der Waals surface area contributed by atoms with Gasteiger partial charge in [0.2, 0.25) is 0 Å². The number of carbonyl (C=O) groups is 1. The molecule has 1 heterocycles. The lowest BCUT2D eigenvalue weighted by atomic mass is 9.98. The van der Waals surface area contributed by atoms with Crippen LogP contribution in [0.4, 0.5) is 0 Å². The molecule has 4 aromatic rings. The number of ketones is 1. The zero-order chi connectivity index (χ0) is 18.1. The monoisotopic (exact) mass is 379 g/mol. The maximum atomic E-state index is 13.0. The van der Waals surface area contributed by atoms with Crippen molar-refractivity contribution in [3.8, 4) is 11.4 Å². The molecule has 4 nitrogen and oxygen atoms in total. The molecule has 0 aliphatic carbocycles. The van der Waals surface area contributed by atoms with Crippen LogP contribution in [0.15, 0.2) is 66.7 Å². The second-order valence-electron chi connectivity index (χ2n) is 5.65. The van der Waals surface area contributed by atoms with E-state index in [1.807, 2.05) is 24.3 Å². The van der Waals surface area contributed by atoms with Gasteiger partial charge < -0.3 is 0 Å². The van der Waals surface area contributed by atoms with Gasteiger partial charge in [-0.3, -0.25) is 4.79 Å². The van der Waals surface area contributed by atoms with Crippen molar-refractivity contribution in [2.24, 2.45) is 0 Å². The van der Waals surface area contributed by atoms with Gasteiger partial charge in [-0.1, -0.05) is 35.3 Å². The maximum Gasteiger partial charge on any atom is 0.193 e. The summed E-state index contributed by atoms with van der Waals surface area (Å²) in [5.74, 6) is 0.189. The van der Waals surface area contributed by atoms with Crippen LogP contribution in [0.5, 0.6) is 0 Å². The summed E-state index contributed by atoms with van der Waals surface area (Å²) >= 11 is 12.1. The second-order valence-corrected chi connectivity index (χ2v) is 6.52. The summed E-state index contributed by atoms with van der Waals surface area (Å²) in [7, 11) is 0. The van der Waals surface area contributed by atoms with E-state index >= 15 is 0 Å². The van der Waals surface area contributed by atoms with Gasteiger partial charge in [0.1, 0.15) is 5.52 Å². The van der Waals surface area contributed by atoms with E-state index in [-0.39, 0.29) is 5.78 Å². The Morgan fingerprint density at radius 1 is 0.769 bits per heavy atom. The van der Waals surface area contributed by atoms with Gasteiger partial charge in [-0.05, 0) is 54.6 Å². The summed E-state index contributed by atoms with van der Waals surface area (Å²) < 4.78 is 0. The number of aromatic nitrogens is 3. The Bertz CT molecular complexity index is 1130. The minimum atomic E-state index is -0.162. The van der Waals surface area contributed by atoms with Gasteiger partial charge in [0, 0.05) is 26.7 Å². The molecule has 0 fully saturated rings. The molecule has 3 aromatic carbocycles. The van der Waals surface area contributed by atoms with E-state index in [0.29, 0.717) is 43.6 Å². The maximum absolute atomic E-state index is 13.0. The summed E-state index contributed by atoms with van der Waals surface area (Å²) in [5, 5.41) is 9.42.